The van der Waals surface area contributed by atoms with E-state index in [0.29, 0.717) is 22.8 Å². The Hall–Kier alpha value is -3.74. The number of hydrogen-bond donors (Lipinski definition) is 2. The number of hydrogen-bond acceptors (Lipinski definition) is 6. The zero-order valence-electron chi connectivity index (χ0n) is 17.3. The number of halogens is 1. The summed E-state index contributed by atoms with van der Waals surface area (Å²) >= 11 is 0. The molecule has 0 unspecified atom stereocenters. The van der Waals surface area contributed by atoms with Crippen LogP contribution in [0.15, 0.2) is 55.1 Å². The van der Waals surface area contributed by atoms with Gasteiger partial charge in [-0.05, 0) is 49.7 Å². The molecule has 2 aromatic heterocycles. The summed E-state index contributed by atoms with van der Waals surface area (Å²) in [6.07, 6.45) is 4.64. The molecule has 7 heteroatoms. The van der Waals surface area contributed by atoms with E-state index in [2.05, 4.69) is 20.3 Å². The van der Waals surface area contributed by atoms with Crippen LogP contribution < -0.4 is 10.1 Å². The first-order valence-corrected chi connectivity index (χ1v) is 9.61. The first-order chi connectivity index (χ1) is 14.5. The molecule has 0 amide bonds. The van der Waals surface area contributed by atoms with Crippen molar-refractivity contribution in [1.29, 1.82) is 0 Å². The predicted molar refractivity (Wildman–Crippen MR) is 116 cm³/mol. The van der Waals surface area contributed by atoms with E-state index >= 15 is 0 Å². The lowest BCUT2D eigenvalue weighted by atomic mass is 10.1. The second-order valence-corrected chi connectivity index (χ2v) is 6.35. The molecule has 2 heterocycles. The summed E-state index contributed by atoms with van der Waals surface area (Å²) in [4.78, 5) is 12.2. The van der Waals surface area contributed by atoms with Crippen LogP contribution in [-0.2, 0) is 0 Å². The number of phenols is 1. The Balaban J connectivity index is 0.00000124. The summed E-state index contributed by atoms with van der Waals surface area (Å²) in [5, 5.41) is 13.2. The Morgan fingerprint density at radius 1 is 1.07 bits per heavy atom. The van der Waals surface area contributed by atoms with Gasteiger partial charge in [0.05, 0.1) is 17.1 Å². The number of anilines is 2. The van der Waals surface area contributed by atoms with Gasteiger partial charge in [-0.2, -0.15) is 0 Å². The SMILES string of the molecule is CC.Cc1cc(Nc2ncnc3cc(O)c(C)c(F)c23)ccc1Oc1cccnc1. The number of ether oxygens (including phenoxy) is 1. The van der Waals surface area contributed by atoms with E-state index in [1.807, 2.05) is 45.0 Å². The molecule has 0 aliphatic rings. The van der Waals surface area contributed by atoms with Gasteiger partial charge in [-0.3, -0.25) is 4.98 Å². The number of pyridine rings is 1. The minimum Gasteiger partial charge on any atom is -0.507 e. The number of nitrogens with zero attached hydrogens (tertiary/aromatic N) is 3. The van der Waals surface area contributed by atoms with Gasteiger partial charge in [0, 0.05) is 23.5 Å². The Morgan fingerprint density at radius 2 is 1.87 bits per heavy atom. The minimum atomic E-state index is -0.550. The molecule has 0 saturated heterocycles. The van der Waals surface area contributed by atoms with Crippen LogP contribution >= 0.6 is 0 Å². The largest absolute Gasteiger partial charge is 0.507 e. The Morgan fingerprint density at radius 3 is 2.57 bits per heavy atom. The van der Waals surface area contributed by atoms with Crippen LogP contribution in [-0.4, -0.2) is 20.1 Å². The van der Waals surface area contributed by atoms with Crippen LogP contribution in [0, 0.1) is 19.7 Å². The molecule has 0 radical (unpaired) electrons. The van der Waals surface area contributed by atoms with Crippen molar-refractivity contribution in [1.82, 2.24) is 15.0 Å². The molecule has 0 spiro atoms. The fourth-order valence-electron chi connectivity index (χ4n) is 2.87. The number of nitrogens with one attached hydrogen (secondary N) is 1. The molecule has 2 aromatic carbocycles. The minimum absolute atomic E-state index is 0.137. The normalized spacial score (nSPS) is 10.3. The van der Waals surface area contributed by atoms with Crippen molar-refractivity contribution in [2.24, 2.45) is 0 Å². The molecular weight excluding hydrogens is 383 g/mol. The molecule has 0 bridgehead atoms. The topological polar surface area (TPSA) is 80.2 Å². The van der Waals surface area contributed by atoms with Crippen LogP contribution in [0.2, 0.25) is 0 Å². The van der Waals surface area contributed by atoms with E-state index < -0.39 is 5.82 Å². The summed E-state index contributed by atoms with van der Waals surface area (Å²) in [5.41, 5.74) is 2.09. The predicted octanol–water partition coefficient (Wildman–Crippen LogP) is 6.05. The van der Waals surface area contributed by atoms with Crippen molar-refractivity contribution >= 4 is 22.4 Å². The third-order valence-corrected chi connectivity index (χ3v) is 4.38. The average Bonchev–Trinajstić information content (AvgIpc) is 2.76. The van der Waals surface area contributed by atoms with Crippen LogP contribution in [0.5, 0.6) is 17.2 Å². The number of aromatic nitrogens is 3. The lowest BCUT2D eigenvalue weighted by molar-refractivity contribution is 0.465. The molecule has 0 aliphatic heterocycles. The van der Waals surface area contributed by atoms with Crippen LogP contribution in [0.3, 0.4) is 0 Å². The molecule has 0 aliphatic carbocycles. The summed E-state index contributed by atoms with van der Waals surface area (Å²) in [6, 6.07) is 10.6. The number of aromatic hydroxyl groups is 1. The van der Waals surface area contributed by atoms with Crippen LogP contribution in [0.4, 0.5) is 15.9 Å². The number of fused-ring (bicyclic) bond motifs is 1. The molecule has 154 valence electrons. The molecule has 0 atom stereocenters. The highest BCUT2D eigenvalue weighted by molar-refractivity contribution is 5.92. The van der Waals surface area contributed by atoms with Gasteiger partial charge in [-0.15, -0.1) is 0 Å². The van der Waals surface area contributed by atoms with Crippen molar-refractivity contribution in [3.63, 3.8) is 0 Å². The quantitative estimate of drug-likeness (QED) is 0.429. The fraction of sp³-hybridized carbons (Fsp3) is 0.174. The van der Waals surface area contributed by atoms with Gasteiger partial charge in [-0.25, -0.2) is 14.4 Å². The van der Waals surface area contributed by atoms with Gasteiger partial charge in [0.25, 0.3) is 0 Å². The van der Waals surface area contributed by atoms with Gasteiger partial charge in [-0.1, -0.05) is 13.8 Å². The van der Waals surface area contributed by atoms with E-state index in [1.165, 1.54) is 19.3 Å². The maximum Gasteiger partial charge on any atom is 0.145 e. The first kappa shape index (κ1) is 21.0. The van der Waals surface area contributed by atoms with E-state index in [1.54, 1.807) is 18.5 Å². The maximum absolute atomic E-state index is 14.7. The highest BCUT2D eigenvalue weighted by Crippen LogP contribution is 2.33. The molecule has 30 heavy (non-hydrogen) atoms. The van der Waals surface area contributed by atoms with E-state index in [0.717, 1.165) is 11.3 Å². The summed E-state index contributed by atoms with van der Waals surface area (Å²) in [7, 11) is 0. The van der Waals surface area contributed by atoms with Crippen molar-refractivity contribution in [2.45, 2.75) is 27.7 Å². The standard InChI is InChI=1S/C21H17FN4O2.C2H6/c1-12-8-14(5-6-18(12)28-15-4-3-7-23-10-15)26-21-19-16(24-11-25-21)9-17(27)13(2)20(19)22;1-2/h3-11,27H,1-2H3,(H,24,25,26);1-2H3. The lowest BCUT2D eigenvalue weighted by Crippen LogP contribution is -2.00. The maximum atomic E-state index is 14.7. The van der Waals surface area contributed by atoms with Gasteiger partial charge >= 0.3 is 0 Å². The Bertz CT molecular complexity index is 1170. The molecule has 6 nitrogen and oxygen atoms in total. The van der Waals surface area contributed by atoms with Gasteiger partial charge in [0.1, 0.15) is 35.2 Å². The highest BCUT2D eigenvalue weighted by Gasteiger charge is 2.15. The molecular formula is C23H23FN4O2. The van der Waals surface area contributed by atoms with E-state index in [-0.39, 0.29) is 16.7 Å². The third-order valence-electron chi connectivity index (χ3n) is 4.38. The third kappa shape index (κ3) is 4.30. The number of benzene rings is 2. The second kappa shape index (κ2) is 9.17. The summed E-state index contributed by atoms with van der Waals surface area (Å²) in [6.45, 7) is 7.42. The number of phenolic OH excluding ortho intramolecular Hbond substituents is 1. The summed E-state index contributed by atoms with van der Waals surface area (Å²) in [5.74, 6) is 0.975. The van der Waals surface area contributed by atoms with Crippen molar-refractivity contribution in [3.8, 4) is 17.2 Å². The smallest absolute Gasteiger partial charge is 0.145 e. The van der Waals surface area contributed by atoms with Crippen molar-refractivity contribution in [3.05, 3.63) is 72.1 Å². The van der Waals surface area contributed by atoms with Crippen molar-refractivity contribution < 1.29 is 14.2 Å². The number of aryl methyl sites for hydroxylation is 1. The molecule has 0 saturated carbocycles. The van der Waals surface area contributed by atoms with Gasteiger partial charge in [0.15, 0.2) is 0 Å². The van der Waals surface area contributed by atoms with Gasteiger partial charge in [0.2, 0.25) is 0 Å². The summed E-state index contributed by atoms with van der Waals surface area (Å²) < 4.78 is 20.5. The van der Waals surface area contributed by atoms with E-state index in [9.17, 15) is 9.50 Å². The lowest BCUT2D eigenvalue weighted by Gasteiger charge is -2.13. The first-order valence-electron chi connectivity index (χ1n) is 9.61. The van der Waals surface area contributed by atoms with Crippen LogP contribution in [0.25, 0.3) is 10.9 Å². The molecule has 4 aromatic rings. The Labute approximate surface area is 174 Å². The average molecular weight is 406 g/mol. The zero-order valence-corrected chi connectivity index (χ0v) is 17.3. The van der Waals surface area contributed by atoms with Crippen molar-refractivity contribution in [2.75, 3.05) is 5.32 Å². The monoisotopic (exact) mass is 406 g/mol. The fourth-order valence-corrected chi connectivity index (χ4v) is 2.87. The van der Waals surface area contributed by atoms with E-state index in [4.69, 9.17) is 4.74 Å². The zero-order chi connectivity index (χ0) is 21.7. The van der Waals surface area contributed by atoms with Gasteiger partial charge < -0.3 is 15.2 Å². The Kier molecular flexibility index (Phi) is 6.41. The van der Waals surface area contributed by atoms with Crippen LogP contribution in [0.1, 0.15) is 25.0 Å². The number of rotatable bonds is 4. The molecule has 4 rings (SSSR count). The second-order valence-electron chi connectivity index (χ2n) is 6.35. The molecule has 2 N–H and O–H groups in total. The highest BCUT2D eigenvalue weighted by atomic mass is 19.1. The molecule has 0 fully saturated rings.